The minimum Gasteiger partial charge on any atom is -0.381 e. The Labute approximate surface area is 104 Å². The van der Waals surface area contributed by atoms with E-state index in [4.69, 9.17) is 10.5 Å². The summed E-state index contributed by atoms with van der Waals surface area (Å²) in [5.74, 6) is 0.658. The van der Waals surface area contributed by atoms with Gasteiger partial charge in [-0.05, 0) is 31.1 Å². The quantitative estimate of drug-likeness (QED) is 0.781. The molecule has 1 fully saturated rings. The first kappa shape index (κ1) is 14.5. The SMILES string of the molecule is CO[C@H]1CC[C@@H](NC(=O)C(N)C(C)C)CC1C. The largest absolute Gasteiger partial charge is 0.381 e. The second-order valence-corrected chi connectivity index (χ2v) is 5.54. The Kier molecular flexibility index (Phi) is 5.40. The number of rotatable bonds is 4. The van der Waals surface area contributed by atoms with Gasteiger partial charge < -0.3 is 15.8 Å². The van der Waals surface area contributed by atoms with Gasteiger partial charge in [-0.25, -0.2) is 0 Å². The molecule has 0 aromatic rings. The molecule has 3 N–H and O–H groups in total. The summed E-state index contributed by atoms with van der Waals surface area (Å²) in [5.41, 5.74) is 5.83. The lowest BCUT2D eigenvalue weighted by Gasteiger charge is -2.34. The van der Waals surface area contributed by atoms with Gasteiger partial charge in [-0.3, -0.25) is 4.79 Å². The predicted molar refractivity (Wildman–Crippen MR) is 68.6 cm³/mol. The predicted octanol–water partition coefficient (Wildman–Crippen LogP) is 1.29. The Bertz CT molecular complexity index is 256. The molecule has 0 spiro atoms. The molecule has 0 aliphatic heterocycles. The highest BCUT2D eigenvalue weighted by Gasteiger charge is 2.29. The van der Waals surface area contributed by atoms with E-state index < -0.39 is 6.04 Å². The van der Waals surface area contributed by atoms with Gasteiger partial charge in [0.15, 0.2) is 0 Å². The number of carbonyl (C=O) groups excluding carboxylic acids is 1. The van der Waals surface area contributed by atoms with Crippen LogP contribution < -0.4 is 11.1 Å². The fourth-order valence-corrected chi connectivity index (χ4v) is 2.45. The molecule has 1 rings (SSSR count). The van der Waals surface area contributed by atoms with Crippen molar-refractivity contribution in [1.82, 2.24) is 5.32 Å². The normalized spacial score (nSPS) is 31.3. The number of amides is 1. The molecule has 0 bridgehead atoms. The molecule has 4 nitrogen and oxygen atoms in total. The fraction of sp³-hybridized carbons (Fsp3) is 0.923. The second kappa shape index (κ2) is 6.36. The molecule has 1 amide bonds. The summed E-state index contributed by atoms with van der Waals surface area (Å²) in [6.07, 6.45) is 3.32. The molecule has 0 radical (unpaired) electrons. The summed E-state index contributed by atoms with van der Waals surface area (Å²) in [6.45, 7) is 6.11. The number of carbonyl (C=O) groups is 1. The van der Waals surface area contributed by atoms with Gasteiger partial charge in [-0.2, -0.15) is 0 Å². The summed E-state index contributed by atoms with van der Waals surface area (Å²) in [5, 5.41) is 3.06. The number of hydrogen-bond donors (Lipinski definition) is 2. The summed E-state index contributed by atoms with van der Waals surface area (Å²) in [4.78, 5) is 11.8. The molecule has 0 aromatic carbocycles. The van der Waals surface area contributed by atoms with Crippen LogP contribution in [0.5, 0.6) is 0 Å². The van der Waals surface area contributed by atoms with Crippen LogP contribution in [0.3, 0.4) is 0 Å². The van der Waals surface area contributed by atoms with Crippen LogP contribution in [0.1, 0.15) is 40.0 Å². The standard InChI is InChI=1S/C13H26N2O2/c1-8(2)12(14)13(16)15-10-5-6-11(17-4)9(3)7-10/h8-12H,5-7,14H2,1-4H3,(H,15,16)/t9?,10-,11+,12?/m1/s1. The average molecular weight is 242 g/mol. The summed E-state index contributed by atoms with van der Waals surface area (Å²) >= 11 is 0. The number of hydrogen-bond acceptors (Lipinski definition) is 3. The number of methoxy groups -OCH3 is 1. The van der Waals surface area contributed by atoms with E-state index in [9.17, 15) is 4.79 Å². The van der Waals surface area contributed by atoms with Crippen LogP contribution in [0.4, 0.5) is 0 Å². The molecule has 1 aliphatic rings. The smallest absolute Gasteiger partial charge is 0.237 e. The lowest BCUT2D eigenvalue weighted by Crippen LogP contribution is -2.50. The lowest BCUT2D eigenvalue weighted by atomic mass is 9.84. The maximum absolute atomic E-state index is 11.8. The van der Waals surface area contributed by atoms with E-state index >= 15 is 0 Å². The Hall–Kier alpha value is -0.610. The molecule has 100 valence electrons. The molecule has 2 unspecified atom stereocenters. The molecule has 4 atom stereocenters. The van der Waals surface area contributed by atoms with Crippen LogP contribution in [0.25, 0.3) is 0 Å². The van der Waals surface area contributed by atoms with E-state index in [0.29, 0.717) is 12.0 Å². The highest BCUT2D eigenvalue weighted by Crippen LogP contribution is 2.26. The minimum absolute atomic E-state index is 0.0203. The molecular weight excluding hydrogens is 216 g/mol. The molecule has 0 saturated heterocycles. The van der Waals surface area contributed by atoms with Gasteiger partial charge in [0.05, 0.1) is 12.1 Å². The minimum atomic E-state index is -0.398. The molecule has 0 aromatic heterocycles. The van der Waals surface area contributed by atoms with E-state index in [1.54, 1.807) is 7.11 Å². The van der Waals surface area contributed by atoms with Crippen molar-refractivity contribution in [3.05, 3.63) is 0 Å². The van der Waals surface area contributed by atoms with Crippen molar-refractivity contribution in [2.24, 2.45) is 17.6 Å². The van der Waals surface area contributed by atoms with Crippen LogP contribution in [0.2, 0.25) is 0 Å². The Morgan fingerprint density at radius 1 is 1.41 bits per heavy atom. The lowest BCUT2D eigenvalue weighted by molar-refractivity contribution is -0.124. The third-order valence-corrected chi connectivity index (χ3v) is 3.76. The summed E-state index contributed by atoms with van der Waals surface area (Å²) in [7, 11) is 1.76. The molecule has 4 heteroatoms. The third kappa shape index (κ3) is 3.96. The molecule has 1 saturated carbocycles. The van der Waals surface area contributed by atoms with Crippen LogP contribution in [0, 0.1) is 11.8 Å². The average Bonchev–Trinajstić information content (AvgIpc) is 2.28. The monoisotopic (exact) mass is 242 g/mol. The van der Waals surface area contributed by atoms with Crippen LogP contribution >= 0.6 is 0 Å². The van der Waals surface area contributed by atoms with Crippen molar-refractivity contribution in [3.8, 4) is 0 Å². The van der Waals surface area contributed by atoms with Gasteiger partial charge in [0.1, 0.15) is 0 Å². The fourth-order valence-electron chi connectivity index (χ4n) is 2.45. The zero-order valence-corrected chi connectivity index (χ0v) is 11.4. The summed E-state index contributed by atoms with van der Waals surface area (Å²) < 4.78 is 5.40. The first-order chi connectivity index (χ1) is 7.95. The molecular formula is C13H26N2O2. The number of nitrogens with one attached hydrogen (secondary N) is 1. The Balaban J connectivity index is 2.41. The first-order valence-electron chi connectivity index (χ1n) is 6.54. The van der Waals surface area contributed by atoms with E-state index in [0.717, 1.165) is 19.3 Å². The highest BCUT2D eigenvalue weighted by atomic mass is 16.5. The van der Waals surface area contributed by atoms with E-state index in [1.165, 1.54) is 0 Å². The van der Waals surface area contributed by atoms with Crippen LogP contribution in [-0.2, 0) is 9.53 Å². The van der Waals surface area contributed by atoms with Crippen molar-refractivity contribution >= 4 is 5.91 Å². The van der Waals surface area contributed by atoms with Gasteiger partial charge in [0.25, 0.3) is 0 Å². The maximum atomic E-state index is 11.8. The van der Waals surface area contributed by atoms with Crippen molar-refractivity contribution in [3.63, 3.8) is 0 Å². The molecule has 0 heterocycles. The van der Waals surface area contributed by atoms with Gasteiger partial charge in [-0.15, -0.1) is 0 Å². The van der Waals surface area contributed by atoms with Crippen molar-refractivity contribution in [1.29, 1.82) is 0 Å². The number of nitrogens with two attached hydrogens (primary N) is 1. The maximum Gasteiger partial charge on any atom is 0.237 e. The van der Waals surface area contributed by atoms with Crippen molar-refractivity contribution in [2.75, 3.05) is 7.11 Å². The van der Waals surface area contributed by atoms with Crippen molar-refractivity contribution in [2.45, 2.75) is 58.2 Å². The molecule has 1 aliphatic carbocycles. The Morgan fingerprint density at radius 3 is 2.53 bits per heavy atom. The summed E-state index contributed by atoms with van der Waals surface area (Å²) in [6, 6.07) is -0.140. The third-order valence-electron chi connectivity index (χ3n) is 3.76. The topological polar surface area (TPSA) is 64.3 Å². The van der Waals surface area contributed by atoms with Gasteiger partial charge in [0.2, 0.25) is 5.91 Å². The van der Waals surface area contributed by atoms with E-state index in [2.05, 4.69) is 12.2 Å². The molecule has 17 heavy (non-hydrogen) atoms. The first-order valence-corrected chi connectivity index (χ1v) is 6.54. The van der Waals surface area contributed by atoms with Gasteiger partial charge in [-0.1, -0.05) is 20.8 Å². The van der Waals surface area contributed by atoms with Gasteiger partial charge >= 0.3 is 0 Å². The van der Waals surface area contributed by atoms with E-state index in [-0.39, 0.29) is 17.9 Å². The van der Waals surface area contributed by atoms with Crippen LogP contribution in [-0.4, -0.2) is 31.2 Å². The van der Waals surface area contributed by atoms with E-state index in [1.807, 2.05) is 13.8 Å². The highest BCUT2D eigenvalue weighted by molar-refractivity contribution is 5.82. The Morgan fingerprint density at radius 2 is 2.06 bits per heavy atom. The van der Waals surface area contributed by atoms with Gasteiger partial charge in [0, 0.05) is 13.2 Å². The van der Waals surface area contributed by atoms with Crippen molar-refractivity contribution < 1.29 is 9.53 Å². The van der Waals surface area contributed by atoms with Crippen LogP contribution in [0.15, 0.2) is 0 Å². The zero-order valence-electron chi connectivity index (χ0n) is 11.4. The number of ether oxygens (including phenoxy) is 1. The second-order valence-electron chi connectivity index (χ2n) is 5.54. The zero-order chi connectivity index (χ0) is 13.0.